The van der Waals surface area contributed by atoms with Crippen LogP contribution in [0.5, 0.6) is 5.75 Å². The maximum absolute atomic E-state index is 12.6. The summed E-state index contributed by atoms with van der Waals surface area (Å²) in [5.41, 5.74) is 2.15. The van der Waals surface area contributed by atoms with Crippen molar-refractivity contribution in [1.82, 2.24) is 5.32 Å². The first-order valence-electron chi connectivity index (χ1n) is 8.55. The van der Waals surface area contributed by atoms with Gasteiger partial charge in [-0.05, 0) is 43.4 Å². The average molecular weight is 325 g/mol. The lowest BCUT2D eigenvalue weighted by Crippen LogP contribution is -2.39. The molecule has 0 saturated carbocycles. The largest absolute Gasteiger partial charge is 0.481 e. The van der Waals surface area contributed by atoms with E-state index in [1.54, 1.807) is 6.92 Å². The van der Waals surface area contributed by atoms with Crippen molar-refractivity contribution in [2.45, 2.75) is 46.3 Å². The van der Waals surface area contributed by atoms with Crippen LogP contribution < -0.4 is 10.1 Å². The zero-order valence-corrected chi connectivity index (χ0v) is 15.0. The summed E-state index contributed by atoms with van der Waals surface area (Å²) in [4.78, 5) is 12.6. The first-order chi connectivity index (χ1) is 11.5. The SMILES string of the molecule is Cc1ccccc1O[C@@H](C)C(=O)N[C@@H](CC(C)C)c1ccccc1. The van der Waals surface area contributed by atoms with Crippen LogP contribution in [-0.2, 0) is 4.79 Å². The predicted molar refractivity (Wildman–Crippen MR) is 98.0 cm³/mol. The van der Waals surface area contributed by atoms with Crippen molar-refractivity contribution in [3.8, 4) is 5.75 Å². The lowest BCUT2D eigenvalue weighted by Gasteiger charge is -2.24. The molecule has 2 aromatic rings. The van der Waals surface area contributed by atoms with E-state index in [0.29, 0.717) is 5.92 Å². The van der Waals surface area contributed by atoms with Crippen molar-refractivity contribution in [1.29, 1.82) is 0 Å². The van der Waals surface area contributed by atoms with Gasteiger partial charge in [0.1, 0.15) is 5.75 Å². The molecule has 3 nitrogen and oxygen atoms in total. The van der Waals surface area contributed by atoms with E-state index < -0.39 is 6.10 Å². The van der Waals surface area contributed by atoms with Gasteiger partial charge in [-0.15, -0.1) is 0 Å². The molecule has 0 radical (unpaired) electrons. The number of ether oxygens (including phenoxy) is 1. The van der Waals surface area contributed by atoms with E-state index in [4.69, 9.17) is 4.74 Å². The van der Waals surface area contributed by atoms with Crippen molar-refractivity contribution in [3.05, 3.63) is 65.7 Å². The maximum atomic E-state index is 12.6. The van der Waals surface area contributed by atoms with Crippen LogP contribution in [0.2, 0.25) is 0 Å². The summed E-state index contributed by atoms with van der Waals surface area (Å²) in [5, 5.41) is 3.14. The minimum absolute atomic E-state index is 0.00150. The highest BCUT2D eigenvalue weighted by Crippen LogP contribution is 2.22. The standard InChI is InChI=1S/C21H27NO2/c1-15(2)14-19(18-11-6-5-7-12-18)22-21(23)17(4)24-20-13-9-8-10-16(20)3/h5-13,15,17,19H,14H2,1-4H3,(H,22,23)/t17-,19-/m0/s1. The van der Waals surface area contributed by atoms with Crippen LogP contribution in [0.3, 0.4) is 0 Å². The van der Waals surface area contributed by atoms with Crippen molar-refractivity contribution in [2.24, 2.45) is 5.92 Å². The molecule has 1 N–H and O–H groups in total. The number of para-hydroxylation sites is 1. The van der Waals surface area contributed by atoms with Crippen LogP contribution in [0.15, 0.2) is 54.6 Å². The summed E-state index contributed by atoms with van der Waals surface area (Å²) in [6, 6.07) is 17.8. The van der Waals surface area contributed by atoms with Crippen LogP contribution in [0.4, 0.5) is 0 Å². The highest BCUT2D eigenvalue weighted by atomic mass is 16.5. The van der Waals surface area contributed by atoms with E-state index >= 15 is 0 Å². The minimum Gasteiger partial charge on any atom is -0.481 e. The van der Waals surface area contributed by atoms with Gasteiger partial charge in [0.15, 0.2) is 6.10 Å². The predicted octanol–water partition coefficient (Wildman–Crippen LogP) is 4.67. The molecule has 0 aliphatic rings. The van der Waals surface area contributed by atoms with Gasteiger partial charge < -0.3 is 10.1 Å². The lowest BCUT2D eigenvalue weighted by molar-refractivity contribution is -0.128. The monoisotopic (exact) mass is 325 g/mol. The van der Waals surface area contributed by atoms with Gasteiger partial charge in [-0.2, -0.15) is 0 Å². The molecular formula is C21H27NO2. The van der Waals surface area contributed by atoms with Gasteiger partial charge >= 0.3 is 0 Å². The molecule has 3 heteroatoms. The summed E-state index contributed by atoms with van der Waals surface area (Å²) in [7, 11) is 0. The summed E-state index contributed by atoms with van der Waals surface area (Å²) < 4.78 is 5.84. The van der Waals surface area contributed by atoms with Gasteiger partial charge in [-0.3, -0.25) is 4.79 Å². The van der Waals surface area contributed by atoms with E-state index in [1.165, 1.54) is 0 Å². The van der Waals surface area contributed by atoms with Crippen LogP contribution in [0.25, 0.3) is 0 Å². The Kier molecular flexibility index (Phi) is 6.42. The van der Waals surface area contributed by atoms with E-state index in [9.17, 15) is 4.79 Å². The van der Waals surface area contributed by atoms with Crippen molar-refractivity contribution >= 4 is 5.91 Å². The molecule has 0 saturated heterocycles. The Morgan fingerprint density at radius 3 is 2.25 bits per heavy atom. The Morgan fingerprint density at radius 1 is 1.00 bits per heavy atom. The smallest absolute Gasteiger partial charge is 0.261 e. The summed E-state index contributed by atoms with van der Waals surface area (Å²) in [6.45, 7) is 8.09. The topological polar surface area (TPSA) is 38.3 Å². The number of rotatable bonds is 7. The van der Waals surface area contributed by atoms with Crippen LogP contribution >= 0.6 is 0 Å². The maximum Gasteiger partial charge on any atom is 0.261 e. The molecule has 2 atom stereocenters. The third kappa shape index (κ3) is 5.12. The molecule has 0 unspecified atom stereocenters. The number of carbonyl (C=O) groups excluding carboxylic acids is 1. The van der Waals surface area contributed by atoms with Gasteiger partial charge in [0.2, 0.25) is 0 Å². The fraction of sp³-hybridized carbons (Fsp3) is 0.381. The molecule has 0 spiro atoms. The van der Waals surface area contributed by atoms with Crippen LogP contribution in [0, 0.1) is 12.8 Å². The Morgan fingerprint density at radius 2 is 1.62 bits per heavy atom. The molecule has 0 aliphatic carbocycles. The second kappa shape index (κ2) is 8.53. The molecule has 0 heterocycles. The number of nitrogens with one attached hydrogen (secondary N) is 1. The van der Waals surface area contributed by atoms with Crippen molar-refractivity contribution < 1.29 is 9.53 Å². The fourth-order valence-electron chi connectivity index (χ4n) is 2.66. The van der Waals surface area contributed by atoms with E-state index in [2.05, 4.69) is 31.3 Å². The highest BCUT2D eigenvalue weighted by Gasteiger charge is 2.21. The second-order valence-electron chi connectivity index (χ2n) is 6.63. The molecule has 0 aromatic heterocycles. The van der Waals surface area contributed by atoms with Gasteiger partial charge in [-0.1, -0.05) is 62.4 Å². The molecular weight excluding hydrogens is 298 g/mol. The lowest BCUT2D eigenvalue weighted by atomic mass is 9.97. The van der Waals surface area contributed by atoms with Gasteiger partial charge in [0, 0.05) is 0 Å². The number of hydrogen-bond acceptors (Lipinski definition) is 2. The molecule has 128 valence electrons. The van der Waals surface area contributed by atoms with E-state index in [1.807, 2.05) is 49.4 Å². The summed E-state index contributed by atoms with van der Waals surface area (Å²) in [5.74, 6) is 1.15. The Bertz CT molecular complexity index is 652. The zero-order valence-electron chi connectivity index (χ0n) is 15.0. The third-order valence-corrected chi connectivity index (χ3v) is 3.99. The molecule has 0 aliphatic heterocycles. The first-order valence-corrected chi connectivity index (χ1v) is 8.55. The Labute approximate surface area is 145 Å². The zero-order chi connectivity index (χ0) is 17.5. The Hall–Kier alpha value is -2.29. The number of carbonyl (C=O) groups is 1. The number of benzene rings is 2. The van der Waals surface area contributed by atoms with Crippen molar-refractivity contribution in [3.63, 3.8) is 0 Å². The first kappa shape index (κ1) is 18.1. The molecule has 24 heavy (non-hydrogen) atoms. The quantitative estimate of drug-likeness (QED) is 0.803. The highest BCUT2D eigenvalue weighted by molar-refractivity contribution is 5.81. The average Bonchev–Trinajstić information content (AvgIpc) is 2.56. The normalized spacial score (nSPS) is 13.4. The van der Waals surface area contributed by atoms with Crippen LogP contribution in [-0.4, -0.2) is 12.0 Å². The van der Waals surface area contributed by atoms with Gasteiger partial charge in [0.25, 0.3) is 5.91 Å². The molecule has 2 rings (SSSR count). The molecule has 0 fully saturated rings. The summed E-state index contributed by atoms with van der Waals surface area (Å²) in [6.07, 6.45) is 0.358. The Balaban J connectivity index is 2.05. The molecule has 2 aromatic carbocycles. The van der Waals surface area contributed by atoms with E-state index in [0.717, 1.165) is 23.3 Å². The number of amides is 1. The van der Waals surface area contributed by atoms with Crippen molar-refractivity contribution in [2.75, 3.05) is 0 Å². The molecule has 1 amide bonds. The third-order valence-electron chi connectivity index (χ3n) is 3.99. The second-order valence-corrected chi connectivity index (χ2v) is 6.63. The molecule has 0 bridgehead atoms. The minimum atomic E-state index is -0.538. The van der Waals surface area contributed by atoms with E-state index in [-0.39, 0.29) is 11.9 Å². The number of aryl methyl sites for hydroxylation is 1. The number of hydrogen-bond donors (Lipinski definition) is 1. The van der Waals surface area contributed by atoms with Crippen LogP contribution in [0.1, 0.15) is 44.4 Å². The van der Waals surface area contributed by atoms with Gasteiger partial charge in [-0.25, -0.2) is 0 Å². The summed E-state index contributed by atoms with van der Waals surface area (Å²) >= 11 is 0. The van der Waals surface area contributed by atoms with Gasteiger partial charge in [0.05, 0.1) is 6.04 Å². The fourth-order valence-corrected chi connectivity index (χ4v) is 2.66.